The summed E-state index contributed by atoms with van der Waals surface area (Å²) in [5.74, 6) is 1.35. The van der Waals surface area contributed by atoms with Crippen LogP contribution in [0.5, 0.6) is 5.75 Å². The van der Waals surface area contributed by atoms with E-state index in [1.807, 2.05) is 31.2 Å². The first kappa shape index (κ1) is 11.3. The number of hydrogen-bond acceptors (Lipinski definition) is 2. The fourth-order valence-electron chi connectivity index (χ4n) is 1.20. The molecular weight excluding hydrogens is 200 g/mol. The van der Waals surface area contributed by atoms with E-state index in [1.165, 1.54) is 0 Å². The van der Waals surface area contributed by atoms with Gasteiger partial charge in [0.05, 0.1) is 6.61 Å². The third-order valence-corrected chi connectivity index (χ3v) is 2.10. The number of alkyl halides is 1. The largest absolute Gasteiger partial charge is 0.488 e. The summed E-state index contributed by atoms with van der Waals surface area (Å²) < 4.78 is 10.6. The van der Waals surface area contributed by atoms with Gasteiger partial charge in [-0.05, 0) is 24.6 Å². The van der Waals surface area contributed by atoms with Crippen LogP contribution < -0.4 is 4.74 Å². The molecule has 2 nitrogen and oxygen atoms in total. The second-order valence-electron chi connectivity index (χ2n) is 3.16. The molecule has 1 rings (SSSR count). The lowest BCUT2D eigenvalue weighted by Crippen LogP contribution is -2.17. The normalized spacial score (nSPS) is 12.5. The van der Waals surface area contributed by atoms with Crippen LogP contribution in [0.3, 0.4) is 0 Å². The average molecular weight is 215 g/mol. The Balaban J connectivity index is 2.57. The van der Waals surface area contributed by atoms with E-state index in [9.17, 15) is 0 Å². The lowest BCUT2D eigenvalue weighted by atomic mass is 10.2. The third-order valence-electron chi connectivity index (χ3n) is 1.79. The van der Waals surface area contributed by atoms with E-state index in [0.29, 0.717) is 12.5 Å². The Kier molecular flexibility index (Phi) is 4.77. The Bertz CT molecular complexity index is 276. The lowest BCUT2D eigenvalue weighted by molar-refractivity contribution is 0.0920. The molecule has 0 radical (unpaired) electrons. The van der Waals surface area contributed by atoms with Crippen molar-refractivity contribution >= 4 is 11.6 Å². The quantitative estimate of drug-likeness (QED) is 0.702. The highest BCUT2D eigenvalue weighted by Gasteiger charge is 2.03. The molecule has 1 aromatic carbocycles. The summed E-state index contributed by atoms with van der Waals surface area (Å²) in [7, 11) is 1.66. The van der Waals surface area contributed by atoms with Crippen molar-refractivity contribution in [2.75, 3.05) is 13.7 Å². The summed E-state index contributed by atoms with van der Waals surface area (Å²) >= 11 is 5.72. The van der Waals surface area contributed by atoms with Crippen LogP contribution >= 0.6 is 11.6 Å². The molecule has 0 fully saturated rings. The van der Waals surface area contributed by atoms with Crippen LogP contribution in [0.15, 0.2) is 24.3 Å². The van der Waals surface area contributed by atoms with Crippen molar-refractivity contribution in [1.82, 2.24) is 0 Å². The van der Waals surface area contributed by atoms with Crippen molar-refractivity contribution in [3.63, 3.8) is 0 Å². The molecule has 1 atom stereocenters. The molecule has 0 amide bonds. The maximum absolute atomic E-state index is 5.72. The minimum atomic E-state index is 0.0607. The number of benzene rings is 1. The molecule has 78 valence electrons. The summed E-state index contributed by atoms with van der Waals surface area (Å²) in [6.45, 7) is 2.56. The van der Waals surface area contributed by atoms with Crippen molar-refractivity contribution in [2.24, 2.45) is 0 Å². The maximum atomic E-state index is 5.72. The van der Waals surface area contributed by atoms with Gasteiger partial charge in [-0.1, -0.05) is 12.1 Å². The Hall–Kier alpha value is -0.730. The van der Waals surface area contributed by atoms with Crippen molar-refractivity contribution in [3.8, 4) is 5.75 Å². The van der Waals surface area contributed by atoms with E-state index in [4.69, 9.17) is 21.1 Å². The van der Waals surface area contributed by atoms with Crippen molar-refractivity contribution in [2.45, 2.75) is 18.9 Å². The summed E-state index contributed by atoms with van der Waals surface area (Å²) in [6.07, 6.45) is 0.0607. The minimum Gasteiger partial charge on any atom is -0.488 e. The zero-order valence-electron chi connectivity index (χ0n) is 8.50. The van der Waals surface area contributed by atoms with Gasteiger partial charge in [0.2, 0.25) is 0 Å². The Labute approximate surface area is 89.8 Å². The first-order valence-corrected chi connectivity index (χ1v) is 5.10. The molecule has 0 N–H and O–H groups in total. The summed E-state index contributed by atoms with van der Waals surface area (Å²) in [4.78, 5) is 0. The standard InChI is InChI=1S/C11H15ClO2/c1-9(8-13-2)14-11-5-3-4-10(6-11)7-12/h3-6,9H,7-8H2,1-2H3. The Morgan fingerprint density at radius 2 is 2.21 bits per heavy atom. The van der Waals surface area contributed by atoms with Gasteiger partial charge in [-0.25, -0.2) is 0 Å². The van der Waals surface area contributed by atoms with Crippen LogP contribution in [0.25, 0.3) is 0 Å². The van der Waals surface area contributed by atoms with E-state index >= 15 is 0 Å². The molecule has 0 heterocycles. The molecule has 0 aliphatic carbocycles. The van der Waals surface area contributed by atoms with Crippen LogP contribution in [-0.4, -0.2) is 19.8 Å². The molecule has 3 heteroatoms. The minimum absolute atomic E-state index is 0.0607. The number of hydrogen-bond donors (Lipinski definition) is 0. The number of rotatable bonds is 5. The smallest absolute Gasteiger partial charge is 0.120 e. The molecule has 0 saturated heterocycles. The van der Waals surface area contributed by atoms with Gasteiger partial charge in [-0.2, -0.15) is 0 Å². The van der Waals surface area contributed by atoms with E-state index in [1.54, 1.807) is 7.11 Å². The maximum Gasteiger partial charge on any atom is 0.120 e. The molecule has 14 heavy (non-hydrogen) atoms. The number of methoxy groups -OCH3 is 1. The van der Waals surface area contributed by atoms with Gasteiger partial charge in [0.1, 0.15) is 11.9 Å². The zero-order chi connectivity index (χ0) is 10.4. The monoisotopic (exact) mass is 214 g/mol. The first-order valence-electron chi connectivity index (χ1n) is 4.56. The highest BCUT2D eigenvalue weighted by atomic mass is 35.5. The van der Waals surface area contributed by atoms with E-state index in [2.05, 4.69) is 0 Å². The third kappa shape index (κ3) is 3.56. The first-order chi connectivity index (χ1) is 6.76. The zero-order valence-corrected chi connectivity index (χ0v) is 9.25. The molecule has 0 saturated carbocycles. The molecule has 0 spiro atoms. The Morgan fingerprint density at radius 1 is 1.43 bits per heavy atom. The van der Waals surface area contributed by atoms with Crippen molar-refractivity contribution < 1.29 is 9.47 Å². The molecule has 0 aliphatic rings. The van der Waals surface area contributed by atoms with Crippen LogP contribution in [0.4, 0.5) is 0 Å². The topological polar surface area (TPSA) is 18.5 Å². The van der Waals surface area contributed by atoms with Crippen LogP contribution in [0.2, 0.25) is 0 Å². The number of halogens is 1. The van der Waals surface area contributed by atoms with Gasteiger partial charge in [0.15, 0.2) is 0 Å². The van der Waals surface area contributed by atoms with Gasteiger partial charge in [0.25, 0.3) is 0 Å². The Morgan fingerprint density at radius 3 is 2.86 bits per heavy atom. The lowest BCUT2D eigenvalue weighted by Gasteiger charge is -2.13. The van der Waals surface area contributed by atoms with Crippen LogP contribution in [0, 0.1) is 0 Å². The van der Waals surface area contributed by atoms with E-state index in [0.717, 1.165) is 11.3 Å². The summed E-state index contributed by atoms with van der Waals surface area (Å²) in [5, 5.41) is 0. The predicted molar refractivity (Wildman–Crippen MR) is 58.0 cm³/mol. The van der Waals surface area contributed by atoms with Gasteiger partial charge in [0, 0.05) is 13.0 Å². The van der Waals surface area contributed by atoms with Gasteiger partial charge in [-0.3, -0.25) is 0 Å². The highest BCUT2D eigenvalue weighted by molar-refractivity contribution is 6.17. The second-order valence-corrected chi connectivity index (χ2v) is 3.43. The van der Waals surface area contributed by atoms with E-state index < -0.39 is 0 Å². The second kappa shape index (κ2) is 5.89. The fraction of sp³-hybridized carbons (Fsp3) is 0.455. The molecule has 0 bridgehead atoms. The molecular formula is C11H15ClO2. The van der Waals surface area contributed by atoms with Crippen molar-refractivity contribution in [1.29, 1.82) is 0 Å². The molecule has 0 aliphatic heterocycles. The fourth-order valence-corrected chi connectivity index (χ4v) is 1.37. The SMILES string of the molecule is COCC(C)Oc1cccc(CCl)c1. The molecule has 1 aromatic rings. The molecule has 0 aromatic heterocycles. The van der Waals surface area contributed by atoms with Gasteiger partial charge in [-0.15, -0.1) is 11.6 Å². The highest BCUT2D eigenvalue weighted by Crippen LogP contribution is 2.16. The predicted octanol–water partition coefficient (Wildman–Crippen LogP) is 2.84. The molecule has 1 unspecified atom stereocenters. The average Bonchev–Trinajstić information content (AvgIpc) is 2.18. The van der Waals surface area contributed by atoms with Crippen LogP contribution in [-0.2, 0) is 10.6 Å². The van der Waals surface area contributed by atoms with E-state index in [-0.39, 0.29) is 6.10 Å². The summed E-state index contributed by atoms with van der Waals surface area (Å²) in [5.41, 5.74) is 1.06. The van der Waals surface area contributed by atoms with Gasteiger partial charge >= 0.3 is 0 Å². The van der Waals surface area contributed by atoms with Crippen molar-refractivity contribution in [3.05, 3.63) is 29.8 Å². The van der Waals surface area contributed by atoms with Gasteiger partial charge < -0.3 is 9.47 Å². The number of ether oxygens (including phenoxy) is 2. The van der Waals surface area contributed by atoms with Crippen LogP contribution in [0.1, 0.15) is 12.5 Å². The summed E-state index contributed by atoms with van der Waals surface area (Å²) in [6, 6.07) is 7.77.